The summed E-state index contributed by atoms with van der Waals surface area (Å²) in [4.78, 5) is 18.8. The number of hydrogen-bond donors (Lipinski definition) is 1. The van der Waals surface area contributed by atoms with Crippen LogP contribution < -0.4 is 5.32 Å². The lowest BCUT2D eigenvalue weighted by atomic mass is 9.96. The highest BCUT2D eigenvalue weighted by Gasteiger charge is 2.22. The van der Waals surface area contributed by atoms with Crippen molar-refractivity contribution in [2.45, 2.75) is 25.8 Å². The average molecular weight is 300 g/mol. The van der Waals surface area contributed by atoms with Gasteiger partial charge >= 0.3 is 0 Å². The summed E-state index contributed by atoms with van der Waals surface area (Å²) in [6.07, 6.45) is 4.61. The summed E-state index contributed by atoms with van der Waals surface area (Å²) in [5, 5.41) is 3.23. The Bertz CT molecular complexity index is 628. The Kier molecular flexibility index (Phi) is 4.73. The van der Waals surface area contributed by atoms with Gasteiger partial charge in [-0.3, -0.25) is 4.79 Å². The molecule has 0 bridgehead atoms. The second-order valence-electron chi connectivity index (χ2n) is 6.06. The lowest BCUT2D eigenvalue weighted by Crippen LogP contribution is -2.40. The first-order valence-corrected chi connectivity index (χ1v) is 8.10. The average Bonchev–Trinajstić information content (AvgIpc) is 2.97. The maximum Gasteiger partial charge on any atom is 0.224 e. The minimum atomic E-state index is 0.265. The number of hydrogen-bond acceptors (Lipinski definition) is 3. The summed E-state index contributed by atoms with van der Waals surface area (Å²) in [6, 6.07) is 8.05. The molecule has 0 saturated carbocycles. The zero-order valence-electron chi connectivity index (χ0n) is 13.2. The zero-order valence-corrected chi connectivity index (χ0v) is 13.2. The van der Waals surface area contributed by atoms with E-state index in [-0.39, 0.29) is 5.91 Å². The topological polar surface area (TPSA) is 50.2 Å². The minimum Gasteiger partial charge on any atom is -0.343 e. The lowest BCUT2D eigenvalue weighted by molar-refractivity contribution is -0.132. The monoisotopic (exact) mass is 300 g/mol. The molecule has 0 radical (unpaired) electrons. The van der Waals surface area contributed by atoms with E-state index in [0.29, 0.717) is 18.9 Å². The SMILES string of the molecule is CNCC1CCN(C(=O)CCn2cnc3ccccc32)CC1. The predicted molar refractivity (Wildman–Crippen MR) is 87.6 cm³/mol. The molecule has 1 aromatic carbocycles. The van der Waals surface area contributed by atoms with E-state index in [4.69, 9.17) is 0 Å². The van der Waals surface area contributed by atoms with Crippen molar-refractivity contribution in [3.8, 4) is 0 Å². The first-order chi connectivity index (χ1) is 10.8. The summed E-state index contributed by atoms with van der Waals surface area (Å²) in [5.74, 6) is 0.979. The Morgan fingerprint density at radius 3 is 2.86 bits per heavy atom. The third kappa shape index (κ3) is 3.30. The van der Waals surface area contributed by atoms with E-state index in [0.717, 1.165) is 43.5 Å². The Labute approximate surface area is 131 Å². The molecule has 0 atom stereocenters. The normalized spacial score (nSPS) is 16.3. The van der Waals surface area contributed by atoms with E-state index in [9.17, 15) is 4.79 Å². The standard InChI is InChI=1S/C17H24N4O/c1-18-12-14-6-9-20(10-7-14)17(22)8-11-21-13-19-15-4-2-3-5-16(15)21/h2-5,13-14,18H,6-12H2,1H3. The van der Waals surface area contributed by atoms with Crippen molar-refractivity contribution in [2.75, 3.05) is 26.7 Å². The van der Waals surface area contributed by atoms with Crippen LogP contribution in [0.4, 0.5) is 0 Å². The third-order valence-electron chi connectivity index (χ3n) is 4.55. The highest BCUT2D eigenvalue weighted by molar-refractivity contribution is 5.77. The molecule has 1 fully saturated rings. The zero-order chi connectivity index (χ0) is 15.4. The van der Waals surface area contributed by atoms with Crippen molar-refractivity contribution < 1.29 is 4.79 Å². The van der Waals surface area contributed by atoms with Gasteiger partial charge in [0.2, 0.25) is 5.91 Å². The lowest BCUT2D eigenvalue weighted by Gasteiger charge is -2.32. The van der Waals surface area contributed by atoms with Crippen LogP contribution in [0.2, 0.25) is 0 Å². The van der Waals surface area contributed by atoms with Crippen LogP contribution in [0.25, 0.3) is 11.0 Å². The second kappa shape index (κ2) is 6.92. The molecule has 1 aliphatic heterocycles. The molecule has 2 aromatic rings. The van der Waals surface area contributed by atoms with E-state index in [1.54, 1.807) is 0 Å². The number of likely N-dealkylation sites (tertiary alicyclic amines) is 1. The van der Waals surface area contributed by atoms with Gasteiger partial charge in [-0.1, -0.05) is 12.1 Å². The van der Waals surface area contributed by atoms with Gasteiger partial charge in [0.15, 0.2) is 0 Å². The van der Waals surface area contributed by atoms with Crippen molar-refractivity contribution in [1.29, 1.82) is 0 Å². The molecular weight excluding hydrogens is 276 g/mol. The Morgan fingerprint density at radius 2 is 2.09 bits per heavy atom. The molecule has 1 aromatic heterocycles. The molecule has 5 heteroatoms. The summed E-state index contributed by atoms with van der Waals surface area (Å²) in [5.41, 5.74) is 2.09. The maximum atomic E-state index is 12.4. The van der Waals surface area contributed by atoms with Gasteiger partial charge in [-0.15, -0.1) is 0 Å². The van der Waals surface area contributed by atoms with Gasteiger partial charge in [-0.2, -0.15) is 0 Å². The number of para-hydroxylation sites is 2. The van der Waals surface area contributed by atoms with Gasteiger partial charge in [-0.25, -0.2) is 4.98 Å². The third-order valence-corrected chi connectivity index (χ3v) is 4.55. The van der Waals surface area contributed by atoms with Gasteiger partial charge < -0.3 is 14.8 Å². The van der Waals surface area contributed by atoms with Gasteiger partial charge in [0.05, 0.1) is 17.4 Å². The molecule has 5 nitrogen and oxygen atoms in total. The molecule has 0 spiro atoms. The van der Waals surface area contributed by atoms with E-state index >= 15 is 0 Å². The highest BCUT2D eigenvalue weighted by Crippen LogP contribution is 2.18. The number of aromatic nitrogens is 2. The van der Waals surface area contributed by atoms with E-state index in [1.165, 1.54) is 0 Å². The number of fused-ring (bicyclic) bond motifs is 1. The number of aryl methyl sites for hydroxylation is 1. The Balaban J connectivity index is 1.52. The fourth-order valence-electron chi connectivity index (χ4n) is 3.24. The van der Waals surface area contributed by atoms with Gasteiger partial charge in [-0.05, 0) is 44.5 Å². The van der Waals surface area contributed by atoms with Crippen LogP contribution in [0.15, 0.2) is 30.6 Å². The number of carbonyl (C=O) groups is 1. The highest BCUT2D eigenvalue weighted by atomic mass is 16.2. The van der Waals surface area contributed by atoms with Crippen molar-refractivity contribution in [3.05, 3.63) is 30.6 Å². The summed E-state index contributed by atoms with van der Waals surface area (Å²) < 4.78 is 2.07. The number of amides is 1. The smallest absolute Gasteiger partial charge is 0.224 e. The van der Waals surface area contributed by atoms with Crippen LogP contribution in [0, 0.1) is 5.92 Å². The van der Waals surface area contributed by atoms with Crippen LogP contribution in [0.5, 0.6) is 0 Å². The number of imidazole rings is 1. The number of benzene rings is 1. The summed E-state index contributed by atoms with van der Waals surface area (Å²) in [7, 11) is 1.99. The van der Waals surface area contributed by atoms with Crippen LogP contribution in [-0.4, -0.2) is 47.0 Å². The fraction of sp³-hybridized carbons (Fsp3) is 0.529. The van der Waals surface area contributed by atoms with Crippen molar-refractivity contribution >= 4 is 16.9 Å². The molecule has 1 N–H and O–H groups in total. The Hall–Kier alpha value is -1.88. The largest absolute Gasteiger partial charge is 0.343 e. The molecule has 1 aliphatic rings. The first kappa shape index (κ1) is 15.0. The molecule has 0 aliphatic carbocycles. The summed E-state index contributed by atoms with van der Waals surface area (Å²) in [6.45, 7) is 3.56. The van der Waals surface area contributed by atoms with Gasteiger partial charge in [0.25, 0.3) is 0 Å². The number of carbonyl (C=O) groups excluding carboxylic acids is 1. The van der Waals surface area contributed by atoms with Crippen LogP contribution in [0.1, 0.15) is 19.3 Å². The number of nitrogens with zero attached hydrogens (tertiary/aromatic N) is 3. The molecule has 118 valence electrons. The minimum absolute atomic E-state index is 0.265. The number of nitrogens with one attached hydrogen (secondary N) is 1. The number of rotatable bonds is 5. The summed E-state index contributed by atoms with van der Waals surface area (Å²) >= 11 is 0. The molecule has 22 heavy (non-hydrogen) atoms. The van der Waals surface area contributed by atoms with Crippen molar-refractivity contribution in [2.24, 2.45) is 5.92 Å². The van der Waals surface area contributed by atoms with Crippen LogP contribution in [-0.2, 0) is 11.3 Å². The molecular formula is C17H24N4O. The second-order valence-corrected chi connectivity index (χ2v) is 6.06. The molecule has 2 heterocycles. The molecule has 1 amide bonds. The molecule has 0 unspecified atom stereocenters. The van der Waals surface area contributed by atoms with Gasteiger partial charge in [0.1, 0.15) is 0 Å². The van der Waals surface area contributed by atoms with Crippen LogP contribution in [0.3, 0.4) is 0 Å². The fourth-order valence-corrected chi connectivity index (χ4v) is 3.24. The van der Waals surface area contributed by atoms with E-state index in [1.807, 2.05) is 36.5 Å². The number of piperidine rings is 1. The molecule has 3 rings (SSSR count). The van der Waals surface area contributed by atoms with Crippen LogP contribution >= 0.6 is 0 Å². The van der Waals surface area contributed by atoms with Crippen molar-refractivity contribution in [3.63, 3.8) is 0 Å². The quantitative estimate of drug-likeness (QED) is 0.917. The van der Waals surface area contributed by atoms with E-state index in [2.05, 4.69) is 20.9 Å². The van der Waals surface area contributed by atoms with Gasteiger partial charge in [0, 0.05) is 26.1 Å². The van der Waals surface area contributed by atoms with Crippen molar-refractivity contribution in [1.82, 2.24) is 19.8 Å². The predicted octanol–water partition coefficient (Wildman–Crippen LogP) is 1.88. The maximum absolute atomic E-state index is 12.4. The molecule has 1 saturated heterocycles. The Morgan fingerprint density at radius 1 is 1.32 bits per heavy atom. The van der Waals surface area contributed by atoms with E-state index < -0.39 is 0 Å². The first-order valence-electron chi connectivity index (χ1n) is 8.10.